The van der Waals surface area contributed by atoms with Crippen LogP contribution >= 0.6 is 0 Å². The quantitative estimate of drug-likeness (QED) is 0.433. The maximum Gasteiger partial charge on any atom is 0.315 e. The smallest absolute Gasteiger partial charge is 0.315 e. The molecule has 2 atom stereocenters. The van der Waals surface area contributed by atoms with Gasteiger partial charge in [0, 0.05) is 6.54 Å². The summed E-state index contributed by atoms with van der Waals surface area (Å²) in [4.78, 5) is 37.1. The average molecular weight is 459 g/mol. The molecule has 33 heavy (non-hydrogen) atoms. The maximum atomic E-state index is 13.0. The number of hydrazine groups is 1. The first-order valence-electron chi connectivity index (χ1n) is 10.8. The molecular formula is C24H31FN4O4. The van der Waals surface area contributed by atoms with Crippen molar-refractivity contribution in [3.05, 3.63) is 65.0 Å². The number of rotatable bonds is 9. The van der Waals surface area contributed by atoms with Crippen LogP contribution in [0.5, 0.6) is 5.75 Å². The van der Waals surface area contributed by atoms with Crippen LogP contribution in [0.2, 0.25) is 0 Å². The zero-order valence-corrected chi connectivity index (χ0v) is 19.3. The number of hydrogen-bond acceptors (Lipinski definition) is 4. The van der Waals surface area contributed by atoms with Crippen molar-refractivity contribution in [2.75, 3.05) is 0 Å². The predicted molar refractivity (Wildman–Crippen MR) is 123 cm³/mol. The molecule has 178 valence electrons. The molecule has 0 saturated heterocycles. The van der Waals surface area contributed by atoms with E-state index in [1.54, 1.807) is 25.1 Å². The van der Waals surface area contributed by atoms with E-state index in [0.717, 1.165) is 11.1 Å². The molecule has 0 heterocycles. The fourth-order valence-corrected chi connectivity index (χ4v) is 2.96. The van der Waals surface area contributed by atoms with Crippen molar-refractivity contribution in [3.8, 4) is 5.75 Å². The lowest BCUT2D eigenvalue weighted by Gasteiger charge is -2.20. The standard InChI is InChI=1S/C24H31FN4O4/c1-5-7-20(27-24(32)26-14-18-10-12-19(25)13-11-18)23(31)29-28-22(30)17(4)33-21-9-6-8-15(2)16(21)3/h6,8-13,17,20H,5,7,14H2,1-4H3,(H,28,30)(H,29,31)(H2,26,27,32). The number of hydrogen-bond donors (Lipinski definition) is 4. The van der Waals surface area contributed by atoms with Crippen LogP contribution in [0.4, 0.5) is 9.18 Å². The number of halogens is 1. The molecule has 0 aliphatic rings. The minimum Gasteiger partial charge on any atom is -0.481 e. The average Bonchev–Trinajstić information content (AvgIpc) is 2.79. The normalized spacial score (nSPS) is 12.3. The van der Waals surface area contributed by atoms with E-state index >= 15 is 0 Å². The third-order valence-electron chi connectivity index (χ3n) is 5.10. The van der Waals surface area contributed by atoms with E-state index < -0.39 is 30.0 Å². The van der Waals surface area contributed by atoms with Gasteiger partial charge in [0.1, 0.15) is 17.6 Å². The van der Waals surface area contributed by atoms with Crippen molar-refractivity contribution in [3.63, 3.8) is 0 Å². The molecule has 4 N–H and O–H groups in total. The van der Waals surface area contributed by atoms with Gasteiger partial charge in [-0.05, 0) is 62.1 Å². The molecule has 2 aromatic rings. The molecule has 0 radical (unpaired) electrons. The molecule has 2 unspecified atom stereocenters. The summed E-state index contributed by atoms with van der Waals surface area (Å²) in [5, 5.41) is 5.21. The molecule has 0 fully saturated rings. The van der Waals surface area contributed by atoms with E-state index in [9.17, 15) is 18.8 Å². The van der Waals surface area contributed by atoms with Crippen LogP contribution in [0.1, 0.15) is 43.4 Å². The van der Waals surface area contributed by atoms with Crippen molar-refractivity contribution in [1.82, 2.24) is 21.5 Å². The first kappa shape index (κ1) is 25.6. The van der Waals surface area contributed by atoms with Crippen molar-refractivity contribution < 1.29 is 23.5 Å². The minimum absolute atomic E-state index is 0.177. The van der Waals surface area contributed by atoms with Gasteiger partial charge >= 0.3 is 6.03 Å². The van der Waals surface area contributed by atoms with Gasteiger partial charge in [-0.15, -0.1) is 0 Å². The van der Waals surface area contributed by atoms with E-state index in [-0.39, 0.29) is 12.4 Å². The van der Waals surface area contributed by atoms with Crippen LogP contribution in [0, 0.1) is 19.7 Å². The monoisotopic (exact) mass is 458 g/mol. The van der Waals surface area contributed by atoms with Gasteiger partial charge in [-0.2, -0.15) is 0 Å². The Bertz CT molecular complexity index is 965. The number of amides is 4. The first-order valence-corrected chi connectivity index (χ1v) is 10.8. The Labute approximate surface area is 193 Å². The number of carbonyl (C=O) groups is 3. The Morgan fingerprint density at radius 1 is 1.00 bits per heavy atom. The number of benzene rings is 2. The van der Waals surface area contributed by atoms with Crippen LogP contribution in [-0.4, -0.2) is 30.0 Å². The number of carbonyl (C=O) groups excluding carboxylic acids is 3. The Morgan fingerprint density at radius 2 is 1.67 bits per heavy atom. The summed E-state index contributed by atoms with van der Waals surface area (Å²) in [6.07, 6.45) is 0.166. The van der Waals surface area contributed by atoms with Crippen LogP contribution in [0.25, 0.3) is 0 Å². The molecular weight excluding hydrogens is 427 g/mol. The van der Waals surface area contributed by atoms with Gasteiger partial charge in [-0.3, -0.25) is 20.4 Å². The van der Waals surface area contributed by atoms with Gasteiger partial charge in [0.2, 0.25) is 0 Å². The van der Waals surface area contributed by atoms with Gasteiger partial charge in [-0.1, -0.05) is 37.6 Å². The highest BCUT2D eigenvalue weighted by Crippen LogP contribution is 2.21. The number of aryl methyl sites for hydroxylation is 1. The highest BCUT2D eigenvalue weighted by molar-refractivity contribution is 5.89. The second-order valence-electron chi connectivity index (χ2n) is 7.73. The number of urea groups is 1. The van der Waals surface area contributed by atoms with Crippen LogP contribution in [-0.2, 0) is 16.1 Å². The molecule has 2 aromatic carbocycles. The molecule has 0 spiro atoms. The highest BCUT2D eigenvalue weighted by Gasteiger charge is 2.22. The van der Waals surface area contributed by atoms with Crippen molar-refractivity contribution in [2.45, 2.75) is 59.2 Å². The van der Waals surface area contributed by atoms with Crippen LogP contribution in [0.3, 0.4) is 0 Å². The number of nitrogens with one attached hydrogen (secondary N) is 4. The summed E-state index contributed by atoms with van der Waals surface area (Å²) in [6.45, 7) is 7.48. The van der Waals surface area contributed by atoms with Crippen molar-refractivity contribution in [1.29, 1.82) is 0 Å². The Balaban J connectivity index is 1.84. The Kier molecular flexibility index (Phi) is 9.65. The molecule has 0 aliphatic heterocycles. The molecule has 0 saturated carbocycles. The summed E-state index contributed by atoms with van der Waals surface area (Å²) in [6, 6.07) is 9.88. The Hall–Kier alpha value is -3.62. The van der Waals surface area contributed by atoms with Crippen LogP contribution in [0.15, 0.2) is 42.5 Å². The van der Waals surface area contributed by atoms with Gasteiger partial charge < -0.3 is 15.4 Å². The van der Waals surface area contributed by atoms with Gasteiger partial charge in [0.25, 0.3) is 11.8 Å². The maximum absolute atomic E-state index is 13.0. The van der Waals surface area contributed by atoms with Crippen molar-refractivity contribution in [2.24, 2.45) is 0 Å². The molecule has 4 amide bonds. The highest BCUT2D eigenvalue weighted by atomic mass is 19.1. The summed E-state index contributed by atoms with van der Waals surface area (Å²) >= 11 is 0. The van der Waals surface area contributed by atoms with Crippen molar-refractivity contribution >= 4 is 17.8 Å². The topological polar surface area (TPSA) is 109 Å². The summed E-state index contributed by atoms with van der Waals surface area (Å²) in [5.74, 6) is -0.854. The number of ether oxygens (including phenoxy) is 1. The largest absolute Gasteiger partial charge is 0.481 e. The first-order chi connectivity index (χ1) is 15.7. The van der Waals surface area contributed by atoms with Crippen LogP contribution < -0.4 is 26.2 Å². The van der Waals surface area contributed by atoms with Gasteiger partial charge in [-0.25, -0.2) is 9.18 Å². The summed E-state index contributed by atoms with van der Waals surface area (Å²) in [7, 11) is 0. The molecule has 9 heteroatoms. The lowest BCUT2D eigenvalue weighted by molar-refractivity contribution is -0.133. The summed E-state index contributed by atoms with van der Waals surface area (Å²) in [5.41, 5.74) is 7.37. The SMILES string of the molecule is CCCC(NC(=O)NCc1ccc(F)cc1)C(=O)NNC(=O)C(C)Oc1cccc(C)c1C. The minimum atomic E-state index is -0.848. The Morgan fingerprint density at radius 3 is 2.33 bits per heavy atom. The fourth-order valence-electron chi connectivity index (χ4n) is 2.96. The molecule has 0 bridgehead atoms. The fraction of sp³-hybridized carbons (Fsp3) is 0.375. The van der Waals surface area contributed by atoms with Gasteiger partial charge in [0.05, 0.1) is 0 Å². The second kappa shape index (κ2) is 12.4. The molecule has 0 aromatic heterocycles. The van der Waals surface area contributed by atoms with E-state index in [1.165, 1.54) is 12.1 Å². The predicted octanol–water partition coefficient (Wildman–Crippen LogP) is 3.03. The van der Waals surface area contributed by atoms with E-state index in [0.29, 0.717) is 24.2 Å². The molecule has 2 rings (SSSR count). The van der Waals surface area contributed by atoms with E-state index in [4.69, 9.17) is 4.74 Å². The van der Waals surface area contributed by atoms with E-state index in [1.807, 2.05) is 32.9 Å². The second-order valence-corrected chi connectivity index (χ2v) is 7.73. The van der Waals surface area contributed by atoms with E-state index in [2.05, 4.69) is 21.5 Å². The third kappa shape index (κ3) is 8.10. The summed E-state index contributed by atoms with van der Waals surface area (Å²) < 4.78 is 18.7. The third-order valence-corrected chi connectivity index (χ3v) is 5.10. The molecule has 0 aliphatic carbocycles. The zero-order chi connectivity index (χ0) is 24.4. The lowest BCUT2D eigenvalue weighted by atomic mass is 10.1. The zero-order valence-electron chi connectivity index (χ0n) is 19.3. The van der Waals surface area contributed by atoms with Gasteiger partial charge in [0.15, 0.2) is 6.10 Å². The molecule has 8 nitrogen and oxygen atoms in total. The lowest BCUT2D eigenvalue weighted by Crippen LogP contribution is -2.55.